The first-order valence-corrected chi connectivity index (χ1v) is 4.71. The summed E-state index contributed by atoms with van der Waals surface area (Å²) in [7, 11) is 0. The lowest BCUT2D eigenvalue weighted by Gasteiger charge is -2.27. The first-order valence-electron chi connectivity index (χ1n) is 4.71. The summed E-state index contributed by atoms with van der Waals surface area (Å²) < 4.78 is 0. The molecule has 0 aromatic heterocycles. The molecule has 1 rings (SSSR count). The highest BCUT2D eigenvalue weighted by Gasteiger charge is 2.39. The topological polar surface area (TPSA) is 83.5 Å². The quantitative estimate of drug-likeness (QED) is 0.670. The van der Waals surface area contributed by atoms with E-state index in [1.165, 1.54) is 6.92 Å². The Balaban J connectivity index is 2.90. The number of benzene rings is 1. The third-order valence-electron chi connectivity index (χ3n) is 2.48. The van der Waals surface area contributed by atoms with Gasteiger partial charge in [0.2, 0.25) is 0 Å². The van der Waals surface area contributed by atoms with Crippen LogP contribution < -0.4 is 5.73 Å². The van der Waals surface area contributed by atoms with Gasteiger partial charge in [0, 0.05) is 6.42 Å². The fraction of sp³-hybridized carbons (Fsp3) is 0.364. The number of aliphatic hydroxyl groups excluding tert-OH is 1. The van der Waals surface area contributed by atoms with E-state index in [-0.39, 0.29) is 6.42 Å². The maximum Gasteiger partial charge on any atom is 0.326 e. The Hall–Kier alpha value is -1.39. The molecule has 1 aromatic carbocycles. The number of hydrogen-bond donors (Lipinski definition) is 3. The van der Waals surface area contributed by atoms with E-state index >= 15 is 0 Å². The molecule has 0 saturated carbocycles. The van der Waals surface area contributed by atoms with Gasteiger partial charge in [-0.15, -0.1) is 0 Å². The molecule has 0 aliphatic rings. The summed E-state index contributed by atoms with van der Waals surface area (Å²) >= 11 is 0. The zero-order valence-corrected chi connectivity index (χ0v) is 8.55. The van der Waals surface area contributed by atoms with E-state index in [0.717, 1.165) is 5.56 Å². The molecule has 0 bridgehead atoms. The molecule has 2 atom stereocenters. The summed E-state index contributed by atoms with van der Waals surface area (Å²) in [5.74, 6) is -1.19. The van der Waals surface area contributed by atoms with Crippen LogP contribution in [0.15, 0.2) is 30.3 Å². The second kappa shape index (κ2) is 4.42. The van der Waals surface area contributed by atoms with E-state index in [1.54, 1.807) is 24.3 Å². The second-order valence-electron chi connectivity index (χ2n) is 3.68. The van der Waals surface area contributed by atoms with E-state index in [9.17, 15) is 9.90 Å². The van der Waals surface area contributed by atoms with Crippen LogP contribution in [0.5, 0.6) is 0 Å². The van der Waals surface area contributed by atoms with Crippen LogP contribution in [0.2, 0.25) is 0 Å². The van der Waals surface area contributed by atoms with Crippen molar-refractivity contribution in [2.45, 2.75) is 25.0 Å². The fourth-order valence-corrected chi connectivity index (χ4v) is 1.34. The van der Waals surface area contributed by atoms with Crippen molar-refractivity contribution in [3.8, 4) is 0 Å². The number of hydrogen-bond acceptors (Lipinski definition) is 3. The molecule has 0 aliphatic carbocycles. The van der Waals surface area contributed by atoms with Crippen molar-refractivity contribution in [3.63, 3.8) is 0 Å². The molecule has 4 N–H and O–H groups in total. The van der Waals surface area contributed by atoms with Crippen LogP contribution in [0.1, 0.15) is 12.5 Å². The average molecular weight is 209 g/mol. The van der Waals surface area contributed by atoms with Crippen molar-refractivity contribution in [2.24, 2.45) is 5.73 Å². The van der Waals surface area contributed by atoms with Crippen LogP contribution in [-0.2, 0) is 11.2 Å². The molecule has 15 heavy (non-hydrogen) atoms. The van der Waals surface area contributed by atoms with Gasteiger partial charge in [-0.2, -0.15) is 0 Å². The maximum atomic E-state index is 11.0. The van der Waals surface area contributed by atoms with Gasteiger partial charge in [-0.1, -0.05) is 30.3 Å². The highest BCUT2D eigenvalue weighted by atomic mass is 16.4. The van der Waals surface area contributed by atoms with Gasteiger partial charge in [0.25, 0.3) is 0 Å². The summed E-state index contributed by atoms with van der Waals surface area (Å²) in [6.45, 7) is 1.39. The minimum atomic E-state index is -1.62. The molecular formula is C11H15NO3. The Morgan fingerprint density at radius 2 is 2.00 bits per heavy atom. The van der Waals surface area contributed by atoms with Crippen LogP contribution in [0.25, 0.3) is 0 Å². The minimum absolute atomic E-state index is 0.112. The summed E-state index contributed by atoms with van der Waals surface area (Å²) in [5, 5.41) is 18.4. The van der Waals surface area contributed by atoms with Crippen molar-refractivity contribution in [1.29, 1.82) is 0 Å². The first kappa shape index (κ1) is 11.7. The molecule has 0 saturated heterocycles. The lowest BCUT2D eigenvalue weighted by molar-refractivity contribution is -0.147. The van der Waals surface area contributed by atoms with Gasteiger partial charge in [-0.25, -0.2) is 0 Å². The Labute approximate surface area is 88.3 Å². The van der Waals surface area contributed by atoms with Crippen LogP contribution in [-0.4, -0.2) is 27.8 Å². The first-order chi connectivity index (χ1) is 6.97. The number of carbonyl (C=O) groups is 1. The maximum absolute atomic E-state index is 11.0. The largest absolute Gasteiger partial charge is 0.480 e. The predicted molar refractivity (Wildman–Crippen MR) is 56.4 cm³/mol. The Kier molecular flexibility index (Phi) is 3.44. The Morgan fingerprint density at radius 3 is 2.40 bits per heavy atom. The summed E-state index contributed by atoms with van der Waals surface area (Å²) in [5.41, 5.74) is 4.84. The standard InChI is InChI=1S/C11H15NO3/c1-8(13)11(12,10(14)15)7-9-5-3-2-4-6-9/h2-6,8,13H,7,12H2,1H3,(H,14,15)/t8-,11-/m1/s1. The van der Waals surface area contributed by atoms with Gasteiger partial charge in [-0.3, -0.25) is 4.79 Å². The third-order valence-corrected chi connectivity index (χ3v) is 2.48. The van der Waals surface area contributed by atoms with Crippen LogP contribution in [0, 0.1) is 0 Å². The minimum Gasteiger partial charge on any atom is -0.480 e. The number of carboxylic acid groups (broad SMARTS) is 1. The summed E-state index contributed by atoms with van der Waals surface area (Å²) in [6.07, 6.45) is -0.990. The number of carboxylic acids is 1. The number of aliphatic hydroxyl groups is 1. The van der Waals surface area contributed by atoms with Crippen molar-refractivity contribution < 1.29 is 15.0 Å². The molecule has 1 aromatic rings. The number of rotatable bonds is 4. The molecule has 0 amide bonds. The van der Waals surface area contributed by atoms with Gasteiger partial charge in [-0.05, 0) is 12.5 Å². The Morgan fingerprint density at radius 1 is 1.47 bits per heavy atom. The molecular weight excluding hydrogens is 194 g/mol. The van der Waals surface area contributed by atoms with Crippen LogP contribution in [0.4, 0.5) is 0 Å². The van der Waals surface area contributed by atoms with E-state index in [1.807, 2.05) is 6.07 Å². The van der Waals surface area contributed by atoms with Crippen molar-refractivity contribution in [2.75, 3.05) is 0 Å². The zero-order chi connectivity index (χ0) is 11.5. The van der Waals surface area contributed by atoms with Crippen molar-refractivity contribution in [3.05, 3.63) is 35.9 Å². The molecule has 0 heterocycles. The van der Waals surface area contributed by atoms with E-state index < -0.39 is 17.6 Å². The molecule has 4 nitrogen and oxygen atoms in total. The molecule has 0 fully saturated rings. The lowest BCUT2D eigenvalue weighted by Crippen LogP contribution is -2.57. The van der Waals surface area contributed by atoms with Crippen molar-refractivity contribution in [1.82, 2.24) is 0 Å². The van der Waals surface area contributed by atoms with Crippen LogP contribution >= 0.6 is 0 Å². The van der Waals surface area contributed by atoms with Gasteiger partial charge in [0.1, 0.15) is 5.54 Å². The van der Waals surface area contributed by atoms with Crippen LogP contribution in [0.3, 0.4) is 0 Å². The smallest absolute Gasteiger partial charge is 0.326 e. The molecule has 82 valence electrons. The predicted octanol–water partition coefficient (Wildman–Crippen LogP) is 0.392. The molecule has 0 aliphatic heterocycles. The SMILES string of the molecule is C[C@@H](O)[C@](N)(Cc1ccccc1)C(=O)O. The van der Waals surface area contributed by atoms with Gasteiger partial charge >= 0.3 is 5.97 Å². The number of nitrogens with two attached hydrogens (primary N) is 1. The molecule has 0 unspecified atom stereocenters. The van der Waals surface area contributed by atoms with E-state index in [4.69, 9.17) is 10.8 Å². The average Bonchev–Trinajstić information content (AvgIpc) is 2.18. The highest BCUT2D eigenvalue weighted by Crippen LogP contribution is 2.15. The monoisotopic (exact) mass is 209 g/mol. The third kappa shape index (κ3) is 2.55. The normalized spacial score (nSPS) is 16.7. The van der Waals surface area contributed by atoms with Gasteiger partial charge in [0.05, 0.1) is 6.10 Å². The highest BCUT2D eigenvalue weighted by molar-refractivity contribution is 5.79. The molecule has 0 spiro atoms. The summed E-state index contributed by atoms with van der Waals surface area (Å²) in [6, 6.07) is 9.02. The van der Waals surface area contributed by atoms with Crippen molar-refractivity contribution >= 4 is 5.97 Å². The van der Waals surface area contributed by atoms with E-state index in [0.29, 0.717) is 0 Å². The van der Waals surface area contributed by atoms with E-state index in [2.05, 4.69) is 0 Å². The second-order valence-corrected chi connectivity index (χ2v) is 3.68. The molecule has 4 heteroatoms. The molecule has 0 radical (unpaired) electrons. The fourth-order valence-electron chi connectivity index (χ4n) is 1.34. The summed E-state index contributed by atoms with van der Waals surface area (Å²) in [4.78, 5) is 11.0. The Bertz CT molecular complexity index is 337. The van der Waals surface area contributed by atoms with Gasteiger partial charge in [0.15, 0.2) is 0 Å². The zero-order valence-electron chi connectivity index (χ0n) is 8.55. The number of aliphatic carboxylic acids is 1. The van der Waals surface area contributed by atoms with Gasteiger partial charge < -0.3 is 15.9 Å². The lowest BCUT2D eigenvalue weighted by atomic mass is 9.87.